The molecule has 34 heavy (non-hydrogen) atoms. The molecule has 172 valence electrons. The molecule has 1 aliphatic rings. The van der Waals surface area contributed by atoms with Gasteiger partial charge in [-0.2, -0.15) is 0 Å². The van der Waals surface area contributed by atoms with Gasteiger partial charge < -0.3 is 14.2 Å². The first kappa shape index (κ1) is 23.5. The largest absolute Gasteiger partial charge is 0.497 e. The lowest BCUT2D eigenvalue weighted by Gasteiger charge is -2.14. The summed E-state index contributed by atoms with van der Waals surface area (Å²) < 4.78 is 16.6. The Morgan fingerprint density at radius 3 is 2.50 bits per heavy atom. The molecule has 1 saturated heterocycles. The highest BCUT2D eigenvalue weighted by atomic mass is 32.2. The lowest BCUT2D eigenvalue weighted by Crippen LogP contribution is -2.27. The minimum absolute atomic E-state index is 0.147. The maximum Gasteiger partial charge on any atom is 0.343 e. The fourth-order valence-electron chi connectivity index (χ4n) is 3.32. The first-order valence-corrected chi connectivity index (χ1v) is 11.5. The summed E-state index contributed by atoms with van der Waals surface area (Å²) >= 11 is 6.68. The minimum Gasteiger partial charge on any atom is -0.497 e. The van der Waals surface area contributed by atoms with E-state index in [1.54, 1.807) is 53.4 Å². The van der Waals surface area contributed by atoms with Crippen LogP contribution in [0.2, 0.25) is 0 Å². The summed E-state index contributed by atoms with van der Waals surface area (Å²) in [7, 11) is 3.02. The number of ether oxygens (including phenoxy) is 3. The topological polar surface area (TPSA) is 65.1 Å². The third kappa shape index (κ3) is 5.30. The second kappa shape index (κ2) is 10.5. The highest BCUT2D eigenvalue weighted by Crippen LogP contribution is 2.35. The molecule has 4 rings (SSSR count). The SMILES string of the molecule is COc1cccc(C(=O)Oc2ccc(C=C3SC(=S)N(Cc4ccccc4)C3=O)cc2OC)c1. The quantitative estimate of drug-likeness (QED) is 0.192. The summed E-state index contributed by atoms with van der Waals surface area (Å²) in [4.78, 5) is 27.6. The van der Waals surface area contributed by atoms with Crippen molar-refractivity contribution in [3.8, 4) is 17.2 Å². The van der Waals surface area contributed by atoms with Crippen molar-refractivity contribution in [1.82, 2.24) is 4.90 Å². The van der Waals surface area contributed by atoms with Gasteiger partial charge in [-0.05, 0) is 47.5 Å². The normalized spacial score (nSPS) is 14.4. The van der Waals surface area contributed by atoms with Crippen LogP contribution in [-0.2, 0) is 11.3 Å². The van der Waals surface area contributed by atoms with Gasteiger partial charge in [0.25, 0.3) is 5.91 Å². The van der Waals surface area contributed by atoms with Crippen molar-refractivity contribution in [2.24, 2.45) is 0 Å². The van der Waals surface area contributed by atoms with E-state index in [-0.39, 0.29) is 11.7 Å². The maximum absolute atomic E-state index is 12.9. The Labute approximate surface area is 207 Å². The number of carbonyl (C=O) groups is 2. The third-order valence-electron chi connectivity index (χ3n) is 5.05. The number of methoxy groups -OCH3 is 2. The third-order valence-corrected chi connectivity index (χ3v) is 6.43. The molecule has 1 fully saturated rings. The molecule has 0 N–H and O–H groups in total. The van der Waals surface area contributed by atoms with E-state index in [0.29, 0.717) is 32.8 Å². The molecule has 6 nitrogen and oxygen atoms in total. The van der Waals surface area contributed by atoms with E-state index in [2.05, 4.69) is 0 Å². The van der Waals surface area contributed by atoms with Crippen LogP contribution in [0.5, 0.6) is 17.2 Å². The van der Waals surface area contributed by atoms with Gasteiger partial charge in [0.05, 0.1) is 31.2 Å². The number of nitrogens with zero attached hydrogens (tertiary/aromatic N) is 1. The number of carbonyl (C=O) groups excluding carboxylic acids is 2. The fourth-order valence-corrected chi connectivity index (χ4v) is 4.58. The molecular formula is C26H21NO5S2. The van der Waals surface area contributed by atoms with Crippen molar-refractivity contribution < 1.29 is 23.8 Å². The van der Waals surface area contributed by atoms with Crippen LogP contribution in [0.3, 0.4) is 0 Å². The fraction of sp³-hybridized carbons (Fsp3) is 0.115. The van der Waals surface area contributed by atoms with Crippen LogP contribution >= 0.6 is 24.0 Å². The first-order chi connectivity index (χ1) is 16.5. The Morgan fingerprint density at radius 1 is 0.971 bits per heavy atom. The van der Waals surface area contributed by atoms with E-state index in [4.69, 9.17) is 26.4 Å². The lowest BCUT2D eigenvalue weighted by molar-refractivity contribution is -0.122. The van der Waals surface area contributed by atoms with Crippen LogP contribution in [0.1, 0.15) is 21.5 Å². The van der Waals surface area contributed by atoms with Crippen LogP contribution in [0.25, 0.3) is 6.08 Å². The highest BCUT2D eigenvalue weighted by molar-refractivity contribution is 8.26. The molecule has 0 saturated carbocycles. The maximum atomic E-state index is 12.9. The molecule has 8 heteroatoms. The molecule has 0 atom stereocenters. The molecule has 1 heterocycles. The molecule has 0 spiro atoms. The monoisotopic (exact) mass is 491 g/mol. The van der Waals surface area contributed by atoms with Gasteiger partial charge in [0.2, 0.25) is 0 Å². The average molecular weight is 492 g/mol. The number of thioether (sulfide) groups is 1. The molecule has 0 unspecified atom stereocenters. The molecule has 0 aliphatic carbocycles. The molecule has 0 radical (unpaired) electrons. The Hall–Kier alpha value is -3.62. The van der Waals surface area contributed by atoms with Gasteiger partial charge in [-0.1, -0.05) is 66.4 Å². The number of thiocarbonyl (C=S) groups is 1. The van der Waals surface area contributed by atoms with Crippen LogP contribution in [-0.4, -0.2) is 35.3 Å². The summed E-state index contributed by atoms with van der Waals surface area (Å²) in [5.41, 5.74) is 2.08. The molecule has 0 aromatic heterocycles. The van der Waals surface area contributed by atoms with Gasteiger partial charge in [-0.3, -0.25) is 9.69 Å². The second-order valence-corrected chi connectivity index (χ2v) is 8.96. The Morgan fingerprint density at radius 2 is 1.76 bits per heavy atom. The van der Waals surface area contributed by atoms with Crippen LogP contribution in [0, 0.1) is 0 Å². The number of hydrogen-bond acceptors (Lipinski definition) is 7. The zero-order valence-corrected chi connectivity index (χ0v) is 20.2. The van der Waals surface area contributed by atoms with Crippen molar-refractivity contribution in [3.63, 3.8) is 0 Å². The second-order valence-electron chi connectivity index (χ2n) is 7.29. The van der Waals surface area contributed by atoms with E-state index >= 15 is 0 Å². The predicted octanol–water partition coefficient (Wildman–Crippen LogP) is 5.32. The first-order valence-electron chi connectivity index (χ1n) is 10.3. The molecule has 0 bridgehead atoms. The summed E-state index contributed by atoms with van der Waals surface area (Å²) in [5, 5.41) is 0. The van der Waals surface area contributed by atoms with Crippen LogP contribution in [0.15, 0.2) is 77.7 Å². The van der Waals surface area contributed by atoms with E-state index in [1.807, 2.05) is 30.3 Å². The molecule has 1 amide bonds. The summed E-state index contributed by atoms with van der Waals surface area (Å²) in [6.45, 7) is 0.422. The van der Waals surface area contributed by atoms with Crippen molar-refractivity contribution in [1.29, 1.82) is 0 Å². The minimum atomic E-state index is -0.535. The van der Waals surface area contributed by atoms with Gasteiger partial charge in [0.1, 0.15) is 10.1 Å². The highest BCUT2D eigenvalue weighted by Gasteiger charge is 2.32. The number of hydrogen-bond donors (Lipinski definition) is 0. The lowest BCUT2D eigenvalue weighted by atomic mass is 10.1. The number of benzene rings is 3. The summed E-state index contributed by atoms with van der Waals surface area (Å²) in [6, 6.07) is 21.5. The molecular weight excluding hydrogens is 470 g/mol. The van der Waals surface area contributed by atoms with Crippen LogP contribution in [0.4, 0.5) is 0 Å². The predicted molar refractivity (Wildman–Crippen MR) is 136 cm³/mol. The smallest absolute Gasteiger partial charge is 0.343 e. The van der Waals surface area contributed by atoms with Crippen LogP contribution < -0.4 is 14.2 Å². The Kier molecular flexibility index (Phi) is 7.30. The molecule has 1 aliphatic heterocycles. The van der Waals surface area contributed by atoms with E-state index in [0.717, 1.165) is 11.1 Å². The number of rotatable bonds is 7. The van der Waals surface area contributed by atoms with Crippen molar-refractivity contribution >= 4 is 46.3 Å². The van der Waals surface area contributed by atoms with Crippen molar-refractivity contribution in [2.75, 3.05) is 14.2 Å². The van der Waals surface area contributed by atoms with E-state index < -0.39 is 5.97 Å². The summed E-state index contributed by atoms with van der Waals surface area (Å²) in [5.74, 6) is 0.508. The number of amides is 1. The van der Waals surface area contributed by atoms with Crippen molar-refractivity contribution in [3.05, 3.63) is 94.4 Å². The van der Waals surface area contributed by atoms with E-state index in [9.17, 15) is 9.59 Å². The van der Waals surface area contributed by atoms with E-state index in [1.165, 1.54) is 26.0 Å². The average Bonchev–Trinajstić information content (AvgIpc) is 3.12. The zero-order valence-electron chi connectivity index (χ0n) is 18.5. The zero-order chi connectivity index (χ0) is 24.1. The summed E-state index contributed by atoms with van der Waals surface area (Å²) in [6.07, 6.45) is 1.75. The number of esters is 1. The Balaban J connectivity index is 1.51. The van der Waals surface area contributed by atoms with Gasteiger partial charge >= 0.3 is 5.97 Å². The molecule has 3 aromatic carbocycles. The van der Waals surface area contributed by atoms with Crippen molar-refractivity contribution in [2.45, 2.75) is 6.54 Å². The Bertz CT molecular complexity index is 1270. The van der Waals surface area contributed by atoms with Gasteiger partial charge in [0.15, 0.2) is 11.5 Å². The van der Waals surface area contributed by atoms with Gasteiger partial charge in [-0.15, -0.1) is 0 Å². The van der Waals surface area contributed by atoms with Gasteiger partial charge in [-0.25, -0.2) is 4.79 Å². The molecule has 3 aromatic rings. The standard InChI is InChI=1S/C26H21NO5S2/c1-30-20-10-6-9-19(15-20)25(29)32-21-12-11-18(13-22(21)31-2)14-23-24(28)27(26(33)34-23)16-17-7-4-3-5-8-17/h3-15H,16H2,1-2H3. The van der Waals surface area contributed by atoms with Gasteiger partial charge in [0, 0.05) is 0 Å².